The molecule has 2 fully saturated rings. The third-order valence-corrected chi connectivity index (χ3v) is 3.33. The topological polar surface area (TPSA) is 74.8 Å². The summed E-state index contributed by atoms with van der Waals surface area (Å²) in [5.41, 5.74) is 0. The molecule has 2 aliphatic rings. The fourth-order valence-corrected chi connectivity index (χ4v) is 1.71. The highest BCUT2D eigenvalue weighted by Gasteiger charge is 2.26. The van der Waals surface area contributed by atoms with Crippen LogP contribution < -0.4 is 0 Å². The minimum absolute atomic E-state index is 0.306. The molecule has 0 radical (unpaired) electrons. The first-order valence-electron chi connectivity index (χ1n) is 7.79. The summed E-state index contributed by atoms with van der Waals surface area (Å²) < 4.78 is 15.1. The van der Waals surface area contributed by atoms with E-state index in [2.05, 4.69) is 6.92 Å². The van der Waals surface area contributed by atoms with Gasteiger partial charge in [-0.25, -0.2) is 0 Å². The van der Waals surface area contributed by atoms with Crippen molar-refractivity contribution in [1.29, 1.82) is 0 Å². The maximum Gasteiger partial charge on any atom is 0.104 e. The summed E-state index contributed by atoms with van der Waals surface area (Å²) in [6.07, 6.45) is 6.31. The number of aliphatic hydroxyl groups is 2. The van der Waals surface area contributed by atoms with Crippen LogP contribution in [0.15, 0.2) is 0 Å². The van der Waals surface area contributed by atoms with Gasteiger partial charge in [0.15, 0.2) is 0 Å². The Kier molecular flexibility index (Phi) is 10.2. The maximum absolute atomic E-state index is 8.70. The molecule has 2 N–H and O–H groups in total. The van der Waals surface area contributed by atoms with E-state index in [0.29, 0.717) is 31.3 Å². The van der Waals surface area contributed by atoms with Gasteiger partial charge in [-0.05, 0) is 18.8 Å². The van der Waals surface area contributed by atoms with E-state index in [1.807, 2.05) is 0 Å². The Morgan fingerprint density at radius 1 is 1.00 bits per heavy atom. The fourth-order valence-electron chi connectivity index (χ4n) is 1.71. The van der Waals surface area contributed by atoms with E-state index in [0.717, 1.165) is 45.7 Å². The van der Waals surface area contributed by atoms with Gasteiger partial charge >= 0.3 is 0 Å². The lowest BCUT2D eigenvalue weighted by molar-refractivity contribution is 0.102. The third-order valence-electron chi connectivity index (χ3n) is 3.33. The highest BCUT2D eigenvalue weighted by atomic mass is 16.6. The lowest BCUT2D eigenvalue weighted by atomic mass is 10.0. The second-order valence-electron chi connectivity index (χ2n) is 5.66. The molecule has 20 heavy (non-hydrogen) atoms. The number of aliphatic hydroxyl groups excluding tert-OH is 2. The first kappa shape index (κ1) is 17.9. The Morgan fingerprint density at radius 2 is 1.55 bits per heavy atom. The normalized spacial score (nSPS) is 24.8. The van der Waals surface area contributed by atoms with Gasteiger partial charge in [-0.15, -0.1) is 0 Å². The van der Waals surface area contributed by atoms with Crippen molar-refractivity contribution in [2.75, 3.05) is 39.6 Å². The zero-order chi connectivity index (χ0) is 14.6. The van der Waals surface area contributed by atoms with Crippen LogP contribution in [0.3, 0.4) is 0 Å². The summed E-state index contributed by atoms with van der Waals surface area (Å²) in [6, 6.07) is 0. The highest BCUT2D eigenvalue weighted by Crippen LogP contribution is 2.12. The SMILES string of the molecule is C(OCC1CO1)C1CO1.CC(CO)CCCCCCO. The zero-order valence-electron chi connectivity index (χ0n) is 12.6. The van der Waals surface area contributed by atoms with Crippen LogP contribution in [0, 0.1) is 5.92 Å². The minimum atomic E-state index is 0.306. The van der Waals surface area contributed by atoms with Crippen LogP contribution in [0.5, 0.6) is 0 Å². The molecule has 5 nitrogen and oxygen atoms in total. The average Bonchev–Trinajstić information content (AvgIpc) is 3.33. The van der Waals surface area contributed by atoms with Crippen LogP contribution in [0.2, 0.25) is 0 Å². The molecule has 2 aliphatic heterocycles. The Labute approximate surface area is 122 Å². The molecule has 0 aliphatic carbocycles. The van der Waals surface area contributed by atoms with Gasteiger partial charge in [-0.3, -0.25) is 0 Å². The second kappa shape index (κ2) is 11.5. The second-order valence-corrected chi connectivity index (χ2v) is 5.66. The molecule has 0 spiro atoms. The van der Waals surface area contributed by atoms with Crippen LogP contribution in [0.25, 0.3) is 0 Å². The predicted octanol–water partition coefficient (Wildman–Crippen LogP) is 1.36. The number of hydrogen-bond acceptors (Lipinski definition) is 5. The van der Waals surface area contributed by atoms with E-state index in [1.165, 1.54) is 12.8 Å². The minimum Gasteiger partial charge on any atom is -0.396 e. The van der Waals surface area contributed by atoms with Crippen LogP contribution in [-0.4, -0.2) is 62.1 Å². The number of epoxide rings is 2. The molecule has 0 bridgehead atoms. The molecule has 3 unspecified atom stereocenters. The van der Waals surface area contributed by atoms with Crippen molar-refractivity contribution in [2.24, 2.45) is 5.92 Å². The van der Waals surface area contributed by atoms with Crippen LogP contribution >= 0.6 is 0 Å². The number of hydrogen-bond donors (Lipinski definition) is 2. The van der Waals surface area contributed by atoms with E-state index in [1.54, 1.807) is 0 Å². The average molecular weight is 290 g/mol. The van der Waals surface area contributed by atoms with E-state index in [-0.39, 0.29) is 0 Å². The lowest BCUT2D eigenvalue weighted by Gasteiger charge is -2.05. The molecular formula is C15H30O5. The van der Waals surface area contributed by atoms with Crippen molar-refractivity contribution in [2.45, 2.75) is 51.2 Å². The molecule has 0 aromatic heterocycles. The monoisotopic (exact) mass is 290 g/mol. The molecule has 2 heterocycles. The van der Waals surface area contributed by atoms with E-state index < -0.39 is 0 Å². The van der Waals surface area contributed by atoms with Crippen molar-refractivity contribution in [3.05, 3.63) is 0 Å². The van der Waals surface area contributed by atoms with Gasteiger partial charge in [-0.2, -0.15) is 0 Å². The predicted molar refractivity (Wildman–Crippen MR) is 76.7 cm³/mol. The first-order chi connectivity index (χ1) is 9.76. The van der Waals surface area contributed by atoms with Crippen molar-refractivity contribution >= 4 is 0 Å². The zero-order valence-corrected chi connectivity index (χ0v) is 12.6. The third kappa shape index (κ3) is 11.6. The Bertz CT molecular complexity index is 204. The Hall–Kier alpha value is -0.200. The molecule has 0 amide bonds. The summed E-state index contributed by atoms with van der Waals surface area (Å²) in [5.74, 6) is 0.448. The molecular weight excluding hydrogens is 260 g/mol. The molecule has 2 saturated heterocycles. The van der Waals surface area contributed by atoms with Gasteiger partial charge in [0.05, 0.1) is 26.4 Å². The molecule has 0 aromatic rings. The molecule has 0 saturated carbocycles. The van der Waals surface area contributed by atoms with E-state index in [9.17, 15) is 0 Å². The first-order valence-corrected chi connectivity index (χ1v) is 7.79. The smallest absolute Gasteiger partial charge is 0.104 e. The summed E-state index contributed by atoms with van der Waals surface area (Å²) in [4.78, 5) is 0. The van der Waals surface area contributed by atoms with Crippen molar-refractivity contribution < 1.29 is 24.4 Å². The summed E-state index contributed by atoms with van der Waals surface area (Å²) in [5, 5.41) is 17.2. The van der Waals surface area contributed by atoms with Crippen LogP contribution in [0.4, 0.5) is 0 Å². The quantitative estimate of drug-likeness (QED) is 0.444. The molecule has 120 valence electrons. The maximum atomic E-state index is 8.70. The lowest BCUT2D eigenvalue weighted by Crippen LogP contribution is -2.06. The van der Waals surface area contributed by atoms with Gasteiger partial charge in [0, 0.05) is 13.2 Å². The fraction of sp³-hybridized carbons (Fsp3) is 1.00. The summed E-state index contributed by atoms with van der Waals surface area (Å²) >= 11 is 0. The standard InChI is InChI=1S/C9H20O2.C6H10O3/c1-9(8-11)6-4-2-3-5-7-10;1(5-3-8-5)7-2-6-4-9-6/h9-11H,2-8H2,1H3;5-6H,1-4H2. The number of ether oxygens (including phenoxy) is 3. The van der Waals surface area contributed by atoms with Crippen LogP contribution in [0.1, 0.15) is 39.0 Å². The largest absolute Gasteiger partial charge is 0.396 e. The van der Waals surface area contributed by atoms with E-state index in [4.69, 9.17) is 24.4 Å². The summed E-state index contributed by atoms with van der Waals surface area (Å²) in [6.45, 7) is 5.94. The summed E-state index contributed by atoms with van der Waals surface area (Å²) in [7, 11) is 0. The van der Waals surface area contributed by atoms with Gasteiger partial charge < -0.3 is 24.4 Å². The van der Waals surface area contributed by atoms with Gasteiger partial charge in [0.2, 0.25) is 0 Å². The number of rotatable bonds is 11. The van der Waals surface area contributed by atoms with Gasteiger partial charge in [0.1, 0.15) is 12.2 Å². The molecule has 0 aromatic carbocycles. The van der Waals surface area contributed by atoms with Crippen molar-refractivity contribution in [3.63, 3.8) is 0 Å². The van der Waals surface area contributed by atoms with Crippen molar-refractivity contribution in [3.8, 4) is 0 Å². The molecule has 5 heteroatoms. The molecule has 3 atom stereocenters. The number of unbranched alkanes of at least 4 members (excludes halogenated alkanes) is 3. The van der Waals surface area contributed by atoms with Gasteiger partial charge in [0.25, 0.3) is 0 Å². The highest BCUT2D eigenvalue weighted by molar-refractivity contribution is 4.71. The van der Waals surface area contributed by atoms with E-state index >= 15 is 0 Å². The Balaban J connectivity index is 0.000000202. The van der Waals surface area contributed by atoms with Gasteiger partial charge in [-0.1, -0.05) is 26.2 Å². The molecule has 2 rings (SSSR count). The van der Waals surface area contributed by atoms with Crippen molar-refractivity contribution in [1.82, 2.24) is 0 Å². The Morgan fingerprint density at radius 3 is 2.00 bits per heavy atom. The van der Waals surface area contributed by atoms with Crippen LogP contribution in [-0.2, 0) is 14.2 Å².